The molecule has 0 bridgehead atoms. The standard InChI is InChI=1S/C21H26N2O4S2/c1-15-4-9-20(16(2)14-15)28-17(3)21(24)22-18-5-7-19(8-6-18)29(25,26)23-10-12-27-13-11-23/h4-9,14,17H,10-13H2,1-3H3,(H,22,24). The Hall–Kier alpha value is -1.87. The highest BCUT2D eigenvalue weighted by atomic mass is 32.2. The molecule has 1 atom stereocenters. The van der Waals surface area contributed by atoms with E-state index in [1.54, 1.807) is 12.1 Å². The smallest absolute Gasteiger partial charge is 0.243 e. The molecule has 0 aliphatic carbocycles. The Kier molecular flexibility index (Phi) is 7.00. The SMILES string of the molecule is Cc1ccc(SC(C)C(=O)Nc2ccc(S(=O)(=O)N3CCOCC3)cc2)c(C)c1. The Balaban J connectivity index is 1.63. The topological polar surface area (TPSA) is 75.7 Å². The Labute approximate surface area is 176 Å². The predicted octanol–water partition coefficient (Wildman–Crippen LogP) is 3.44. The van der Waals surface area contributed by atoms with Crippen LogP contribution in [0.4, 0.5) is 5.69 Å². The minimum Gasteiger partial charge on any atom is -0.379 e. The number of nitrogens with zero attached hydrogens (tertiary/aromatic N) is 1. The lowest BCUT2D eigenvalue weighted by Gasteiger charge is -2.26. The van der Waals surface area contributed by atoms with E-state index in [0.29, 0.717) is 32.0 Å². The van der Waals surface area contributed by atoms with Gasteiger partial charge in [0.15, 0.2) is 0 Å². The van der Waals surface area contributed by atoms with Gasteiger partial charge in [-0.15, -0.1) is 11.8 Å². The number of aryl methyl sites for hydroxylation is 2. The first-order valence-electron chi connectivity index (χ1n) is 9.50. The van der Waals surface area contributed by atoms with Crippen molar-refractivity contribution >= 4 is 33.4 Å². The van der Waals surface area contributed by atoms with Gasteiger partial charge in [0, 0.05) is 23.7 Å². The van der Waals surface area contributed by atoms with E-state index < -0.39 is 10.0 Å². The van der Waals surface area contributed by atoms with Crippen molar-refractivity contribution < 1.29 is 17.9 Å². The molecule has 1 heterocycles. The van der Waals surface area contributed by atoms with Gasteiger partial charge in [-0.1, -0.05) is 17.7 Å². The number of rotatable bonds is 6. The molecule has 8 heteroatoms. The molecule has 29 heavy (non-hydrogen) atoms. The molecule has 1 saturated heterocycles. The molecule has 0 saturated carbocycles. The van der Waals surface area contributed by atoms with Crippen molar-refractivity contribution in [1.82, 2.24) is 4.31 Å². The number of sulfonamides is 1. The second-order valence-corrected chi connectivity index (χ2v) is 10.4. The number of carbonyl (C=O) groups excluding carboxylic acids is 1. The normalized spacial score (nSPS) is 16.4. The fourth-order valence-electron chi connectivity index (χ4n) is 3.07. The first-order chi connectivity index (χ1) is 13.8. The molecule has 1 amide bonds. The van der Waals surface area contributed by atoms with Crippen LogP contribution in [0.1, 0.15) is 18.1 Å². The van der Waals surface area contributed by atoms with Crippen molar-refractivity contribution in [2.45, 2.75) is 35.8 Å². The number of anilines is 1. The van der Waals surface area contributed by atoms with E-state index in [4.69, 9.17) is 4.74 Å². The van der Waals surface area contributed by atoms with Gasteiger partial charge in [0.05, 0.1) is 23.4 Å². The number of benzene rings is 2. The summed E-state index contributed by atoms with van der Waals surface area (Å²) >= 11 is 1.51. The van der Waals surface area contributed by atoms with Gasteiger partial charge in [0.25, 0.3) is 0 Å². The fourth-order valence-corrected chi connectivity index (χ4v) is 5.41. The molecular formula is C21H26N2O4S2. The monoisotopic (exact) mass is 434 g/mol. The van der Waals surface area contributed by atoms with Crippen LogP contribution in [0.2, 0.25) is 0 Å². The van der Waals surface area contributed by atoms with Crippen molar-refractivity contribution in [1.29, 1.82) is 0 Å². The zero-order chi connectivity index (χ0) is 21.0. The van der Waals surface area contributed by atoms with Gasteiger partial charge in [-0.2, -0.15) is 4.31 Å². The Morgan fingerprint density at radius 2 is 1.76 bits per heavy atom. The predicted molar refractivity (Wildman–Crippen MR) is 116 cm³/mol. The number of carbonyl (C=O) groups is 1. The number of ether oxygens (including phenoxy) is 1. The van der Waals surface area contributed by atoms with Crippen molar-refractivity contribution in [3.63, 3.8) is 0 Å². The number of hydrogen-bond donors (Lipinski definition) is 1. The summed E-state index contributed by atoms with van der Waals surface area (Å²) in [7, 11) is -3.54. The van der Waals surface area contributed by atoms with E-state index in [2.05, 4.69) is 11.4 Å². The van der Waals surface area contributed by atoms with Gasteiger partial charge in [-0.05, 0) is 56.7 Å². The number of morpholine rings is 1. The van der Waals surface area contributed by atoms with E-state index in [9.17, 15) is 13.2 Å². The third-order valence-corrected chi connectivity index (χ3v) is 7.93. The summed E-state index contributed by atoms with van der Waals surface area (Å²) in [6, 6.07) is 12.5. The summed E-state index contributed by atoms with van der Waals surface area (Å²) < 4.78 is 32.0. The zero-order valence-corrected chi connectivity index (χ0v) is 18.5. The summed E-state index contributed by atoms with van der Waals surface area (Å²) in [6.07, 6.45) is 0. The third kappa shape index (κ3) is 5.39. The van der Waals surface area contributed by atoms with Crippen molar-refractivity contribution in [2.24, 2.45) is 0 Å². The highest BCUT2D eigenvalue weighted by Crippen LogP contribution is 2.28. The molecule has 0 radical (unpaired) electrons. The summed E-state index contributed by atoms with van der Waals surface area (Å²) in [5.41, 5.74) is 2.91. The molecule has 0 spiro atoms. The van der Waals surface area contributed by atoms with Crippen LogP contribution in [-0.4, -0.2) is 50.2 Å². The average molecular weight is 435 g/mol. The van der Waals surface area contributed by atoms with Gasteiger partial charge < -0.3 is 10.1 Å². The quantitative estimate of drug-likeness (QED) is 0.705. The fraction of sp³-hybridized carbons (Fsp3) is 0.381. The van der Waals surface area contributed by atoms with Crippen LogP contribution in [-0.2, 0) is 19.6 Å². The van der Waals surface area contributed by atoms with Crippen LogP contribution in [0, 0.1) is 13.8 Å². The van der Waals surface area contributed by atoms with Gasteiger partial charge in [0.2, 0.25) is 15.9 Å². The van der Waals surface area contributed by atoms with Gasteiger partial charge in [-0.25, -0.2) is 8.42 Å². The first kappa shape index (κ1) is 21.8. The first-order valence-corrected chi connectivity index (χ1v) is 11.8. The molecule has 0 aromatic heterocycles. The number of nitrogens with one attached hydrogen (secondary N) is 1. The van der Waals surface area contributed by atoms with Crippen LogP contribution in [0.3, 0.4) is 0 Å². The van der Waals surface area contributed by atoms with E-state index in [1.807, 2.05) is 32.9 Å². The van der Waals surface area contributed by atoms with Crippen LogP contribution < -0.4 is 5.32 Å². The molecule has 1 aliphatic heterocycles. The van der Waals surface area contributed by atoms with Crippen molar-refractivity contribution in [3.8, 4) is 0 Å². The van der Waals surface area contributed by atoms with Gasteiger partial charge in [0.1, 0.15) is 0 Å². The third-order valence-electron chi connectivity index (χ3n) is 4.73. The largest absolute Gasteiger partial charge is 0.379 e. The maximum absolute atomic E-state index is 12.7. The highest BCUT2D eigenvalue weighted by Gasteiger charge is 2.26. The maximum atomic E-state index is 12.7. The molecule has 3 rings (SSSR count). The molecule has 1 unspecified atom stereocenters. The molecule has 1 N–H and O–H groups in total. The van der Waals surface area contributed by atoms with Crippen molar-refractivity contribution in [2.75, 3.05) is 31.6 Å². The van der Waals surface area contributed by atoms with Gasteiger partial charge >= 0.3 is 0 Å². The van der Waals surface area contributed by atoms with Crippen molar-refractivity contribution in [3.05, 3.63) is 53.6 Å². The number of thioether (sulfide) groups is 1. The molecule has 2 aromatic carbocycles. The summed E-state index contributed by atoms with van der Waals surface area (Å²) in [5.74, 6) is -0.126. The lowest BCUT2D eigenvalue weighted by atomic mass is 10.2. The lowest BCUT2D eigenvalue weighted by molar-refractivity contribution is -0.115. The molecule has 2 aromatic rings. The lowest BCUT2D eigenvalue weighted by Crippen LogP contribution is -2.40. The Morgan fingerprint density at radius 3 is 2.38 bits per heavy atom. The summed E-state index contributed by atoms with van der Waals surface area (Å²) in [4.78, 5) is 13.8. The highest BCUT2D eigenvalue weighted by molar-refractivity contribution is 8.00. The van der Waals surface area contributed by atoms with E-state index in [1.165, 1.54) is 33.8 Å². The average Bonchev–Trinajstić information content (AvgIpc) is 2.71. The Bertz CT molecular complexity index is 969. The van der Waals surface area contributed by atoms with Crippen LogP contribution >= 0.6 is 11.8 Å². The second kappa shape index (κ2) is 9.30. The van der Waals surface area contributed by atoms with Crippen LogP contribution in [0.25, 0.3) is 0 Å². The van der Waals surface area contributed by atoms with Gasteiger partial charge in [-0.3, -0.25) is 4.79 Å². The molecule has 6 nitrogen and oxygen atoms in total. The minimum atomic E-state index is -3.54. The second-order valence-electron chi connectivity index (χ2n) is 7.06. The van der Waals surface area contributed by atoms with Crippen LogP contribution in [0.15, 0.2) is 52.3 Å². The van der Waals surface area contributed by atoms with E-state index >= 15 is 0 Å². The minimum absolute atomic E-state index is 0.126. The Morgan fingerprint density at radius 1 is 1.10 bits per heavy atom. The zero-order valence-electron chi connectivity index (χ0n) is 16.8. The number of amides is 1. The molecule has 1 fully saturated rings. The molecule has 1 aliphatic rings. The number of hydrogen-bond acceptors (Lipinski definition) is 5. The molecule has 156 valence electrons. The molecular weight excluding hydrogens is 408 g/mol. The van der Waals surface area contributed by atoms with Crippen LogP contribution in [0.5, 0.6) is 0 Å². The van der Waals surface area contributed by atoms with E-state index in [0.717, 1.165) is 10.5 Å². The summed E-state index contributed by atoms with van der Waals surface area (Å²) in [5, 5.41) is 2.58. The summed E-state index contributed by atoms with van der Waals surface area (Å²) in [6.45, 7) is 7.46. The maximum Gasteiger partial charge on any atom is 0.243 e. The van der Waals surface area contributed by atoms with E-state index in [-0.39, 0.29) is 16.1 Å².